The van der Waals surface area contributed by atoms with Crippen molar-refractivity contribution in [3.8, 4) is 0 Å². The first-order valence-corrected chi connectivity index (χ1v) is 13.5. The fourth-order valence-corrected chi connectivity index (χ4v) is 4.33. The maximum atomic E-state index is 13.3. The predicted octanol–water partition coefficient (Wildman–Crippen LogP) is 0.368. The highest BCUT2D eigenvalue weighted by Crippen LogP contribution is 2.19. The van der Waals surface area contributed by atoms with E-state index in [0.717, 1.165) is 16.5 Å². The first-order chi connectivity index (χ1) is 17.6. The number of nitrogens with two attached hydrogens (primary N) is 1. The van der Waals surface area contributed by atoms with Gasteiger partial charge < -0.3 is 36.9 Å². The number of fused-ring (bicyclic) bond motifs is 1. The Morgan fingerprint density at radius 2 is 1.62 bits per heavy atom. The Morgan fingerprint density at radius 1 is 1.00 bits per heavy atom. The van der Waals surface area contributed by atoms with Crippen LogP contribution in [0, 0.1) is 5.92 Å². The average Bonchev–Trinajstić information content (AvgIpc) is 3.26. The fourth-order valence-electron chi connectivity index (χ4n) is 3.86. The third kappa shape index (κ3) is 9.06. The van der Waals surface area contributed by atoms with Crippen LogP contribution in [0.4, 0.5) is 0 Å². The Morgan fingerprint density at radius 3 is 2.24 bits per heavy atom. The third-order valence-electron chi connectivity index (χ3n) is 5.83. The van der Waals surface area contributed by atoms with Gasteiger partial charge in [0.05, 0.1) is 12.6 Å². The molecule has 0 radical (unpaired) electrons. The molecule has 1 heterocycles. The number of aliphatic hydroxyl groups excluding tert-OH is 1. The summed E-state index contributed by atoms with van der Waals surface area (Å²) in [5.41, 5.74) is 7.56. The second-order valence-corrected chi connectivity index (χ2v) is 10.3. The molecule has 4 atom stereocenters. The number of aromatic amines is 1. The molecular weight excluding hydrogens is 498 g/mol. The summed E-state index contributed by atoms with van der Waals surface area (Å²) in [5.74, 6) is -2.46. The summed E-state index contributed by atoms with van der Waals surface area (Å²) in [4.78, 5) is 53.5. The van der Waals surface area contributed by atoms with Gasteiger partial charge in [-0.3, -0.25) is 14.4 Å². The summed E-state index contributed by atoms with van der Waals surface area (Å²) in [6, 6.07) is 3.01. The molecule has 12 heteroatoms. The summed E-state index contributed by atoms with van der Waals surface area (Å²) in [7, 11) is 0. The van der Waals surface area contributed by atoms with Gasteiger partial charge in [0.25, 0.3) is 0 Å². The normalized spacial score (nSPS) is 14.5. The molecule has 11 nitrogen and oxygen atoms in total. The molecule has 8 N–H and O–H groups in total. The summed E-state index contributed by atoms with van der Waals surface area (Å²) in [5, 5.41) is 27.1. The fraction of sp³-hybridized carbons (Fsp3) is 0.520. The number of carbonyl (C=O) groups is 4. The maximum absolute atomic E-state index is 13.3. The Labute approximate surface area is 220 Å². The SMILES string of the molecule is CSCCC(NC(=O)C(N)CC(C)C)C(=O)NC(Cc1c[nH]c2ccccc12)C(=O)NC(CO)C(=O)O. The molecule has 0 bridgehead atoms. The van der Waals surface area contributed by atoms with E-state index in [1.165, 1.54) is 11.8 Å². The number of carboxylic acid groups (broad SMARTS) is 1. The molecule has 1 aromatic carbocycles. The number of amides is 3. The van der Waals surface area contributed by atoms with Crippen molar-refractivity contribution in [1.82, 2.24) is 20.9 Å². The summed E-state index contributed by atoms with van der Waals surface area (Å²) in [6.45, 7) is 3.07. The lowest BCUT2D eigenvalue weighted by Gasteiger charge is -2.25. The van der Waals surface area contributed by atoms with Crippen molar-refractivity contribution in [3.63, 3.8) is 0 Å². The van der Waals surface area contributed by atoms with Gasteiger partial charge in [0.1, 0.15) is 18.1 Å². The Kier molecular flexibility index (Phi) is 11.9. The van der Waals surface area contributed by atoms with Crippen molar-refractivity contribution in [2.75, 3.05) is 18.6 Å². The number of rotatable bonds is 15. The number of nitrogens with one attached hydrogen (secondary N) is 4. The van der Waals surface area contributed by atoms with Crippen molar-refractivity contribution in [2.24, 2.45) is 11.7 Å². The van der Waals surface area contributed by atoms with E-state index >= 15 is 0 Å². The van der Waals surface area contributed by atoms with Crippen LogP contribution in [0.5, 0.6) is 0 Å². The molecule has 3 amide bonds. The summed E-state index contributed by atoms with van der Waals surface area (Å²) < 4.78 is 0. The molecule has 0 aliphatic rings. The van der Waals surface area contributed by atoms with Crippen LogP contribution in [-0.4, -0.2) is 81.7 Å². The molecule has 1 aromatic heterocycles. The number of hydrogen-bond donors (Lipinski definition) is 7. The second kappa shape index (κ2) is 14.6. The van der Waals surface area contributed by atoms with Crippen LogP contribution in [-0.2, 0) is 25.6 Å². The molecule has 2 rings (SSSR count). The second-order valence-electron chi connectivity index (χ2n) is 9.29. The minimum Gasteiger partial charge on any atom is -0.480 e. The van der Waals surface area contributed by atoms with Gasteiger partial charge in [-0.25, -0.2) is 4.79 Å². The molecule has 4 unspecified atom stereocenters. The van der Waals surface area contributed by atoms with Gasteiger partial charge in [0, 0.05) is 23.5 Å². The lowest BCUT2D eigenvalue weighted by molar-refractivity contribution is -0.143. The lowest BCUT2D eigenvalue weighted by Crippen LogP contribution is -2.58. The third-order valence-corrected chi connectivity index (χ3v) is 6.48. The molecule has 0 aliphatic carbocycles. The number of thioether (sulfide) groups is 1. The van der Waals surface area contributed by atoms with Crippen LogP contribution >= 0.6 is 11.8 Å². The zero-order valence-electron chi connectivity index (χ0n) is 21.3. The largest absolute Gasteiger partial charge is 0.480 e. The molecule has 0 spiro atoms. The van der Waals surface area contributed by atoms with Crippen molar-refractivity contribution in [2.45, 2.75) is 57.3 Å². The van der Waals surface area contributed by atoms with Crippen molar-refractivity contribution in [1.29, 1.82) is 0 Å². The molecular formula is C25H37N5O6S. The highest BCUT2D eigenvalue weighted by molar-refractivity contribution is 7.98. The number of hydrogen-bond acceptors (Lipinski definition) is 7. The summed E-state index contributed by atoms with van der Waals surface area (Å²) in [6.07, 6.45) is 4.40. The average molecular weight is 536 g/mol. The molecule has 0 saturated carbocycles. The van der Waals surface area contributed by atoms with Crippen molar-refractivity contribution < 1.29 is 29.4 Å². The number of benzene rings is 1. The van der Waals surface area contributed by atoms with Gasteiger partial charge in [0.2, 0.25) is 17.7 Å². The van der Waals surface area contributed by atoms with E-state index in [4.69, 9.17) is 5.73 Å². The van der Waals surface area contributed by atoms with E-state index in [2.05, 4.69) is 20.9 Å². The zero-order chi connectivity index (χ0) is 27.5. The van der Waals surface area contributed by atoms with E-state index in [1.54, 1.807) is 6.20 Å². The van der Waals surface area contributed by atoms with E-state index in [1.807, 2.05) is 44.4 Å². The number of para-hydroxylation sites is 1. The number of H-pyrrole nitrogens is 1. The van der Waals surface area contributed by atoms with E-state index in [9.17, 15) is 29.4 Å². The molecule has 204 valence electrons. The first kappa shape index (κ1) is 30.1. The minimum atomic E-state index is -1.53. The predicted molar refractivity (Wildman–Crippen MR) is 143 cm³/mol. The van der Waals surface area contributed by atoms with E-state index in [0.29, 0.717) is 18.6 Å². The van der Waals surface area contributed by atoms with Crippen molar-refractivity contribution in [3.05, 3.63) is 36.0 Å². The van der Waals surface area contributed by atoms with E-state index < -0.39 is 54.5 Å². The van der Waals surface area contributed by atoms with Gasteiger partial charge in [-0.15, -0.1) is 0 Å². The number of aliphatic carboxylic acids is 1. The highest BCUT2D eigenvalue weighted by atomic mass is 32.2. The van der Waals surface area contributed by atoms with Gasteiger partial charge in [-0.1, -0.05) is 32.0 Å². The Balaban J connectivity index is 2.27. The van der Waals surface area contributed by atoms with Gasteiger partial charge in [-0.05, 0) is 42.4 Å². The molecule has 0 saturated heterocycles. The highest BCUT2D eigenvalue weighted by Gasteiger charge is 2.30. The number of aliphatic hydroxyl groups is 1. The number of carboxylic acids is 1. The quantitative estimate of drug-likeness (QED) is 0.170. The van der Waals surface area contributed by atoms with Crippen molar-refractivity contribution >= 4 is 46.4 Å². The monoisotopic (exact) mass is 535 g/mol. The van der Waals surface area contributed by atoms with Crippen LogP contribution < -0.4 is 21.7 Å². The molecule has 0 fully saturated rings. The smallest absolute Gasteiger partial charge is 0.328 e. The van der Waals surface area contributed by atoms with Crippen LogP contribution in [0.2, 0.25) is 0 Å². The Bertz CT molecular complexity index is 1070. The van der Waals surface area contributed by atoms with E-state index in [-0.39, 0.29) is 12.3 Å². The van der Waals surface area contributed by atoms with Gasteiger partial charge >= 0.3 is 5.97 Å². The maximum Gasteiger partial charge on any atom is 0.328 e. The molecule has 2 aromatic rings. The molecule has 0 aliphatic heterocycles. The standard InChI is InChI=1S/C25H37N5O6S/c1-14(2)10-17(26)22(32)28-19(8-9-37-3)23(33)29-20(24(34)30-21(13-31)25(35)36)11-15-12-27-18-7-5-4-6-16(15)18/h4-7,12,14,17,19-21,27,31H,8-11,13,26H2,1-3H3,(H,28,32)(H,29,33)(H,30,34)(H,35,36). The van der Waals surface area contributed by atoms with Crippen LogP contribution in [0.25, 0.3) is 10.9 Å². The molecule has 37 heavy (non-hydrogen) atoms. The topological polar surface area (TPSA) is 187 Å². The lowest BCUT2D eigenvalue weighted by atomic mass is 10.0. The van der Waals surface area contributed by atoms with Gasteiger partial charge in [0.15, 0.2) is 0 Å². The van der Waals surface area contributed by atoms with Crippen LogP contribution in [0.3, 0.4) is 0 Å². The Hall–Kier alpha value is -3.09. The van der Waals surface area contributed by atoms with Gasteiger partial charge in [-0.2, -0.15) is 11.8 Å². The number of aromatic nitrogens is 1. The summed E-state index contributed by atoms with van der Waals surface area (Å²) >= 11 is 1.50. The minimum absolute atomic E-state index is 0.0510. The van der Waals surface area contributed by atoms with Crippen LogP contribution in [0.15, 0.2) is 30.5 Å². The first-order valence-electron chi connectivity index (χ1n) is 12.1. The number of carbonyl (C=O) groups excluding carboxylic acids is 3. The van der Waals surface area contributed by atoms with Crippen LogP contribution in [0.1, 0.15) is 32.3 Å². The zero-order valence-corrected chi connectivity index (χ0v) is 22.1.